The molecule has 2 heterocycles. The number of rotatable bonds is 6. The molecule has 0 unspecified atom stereocenters. The highest BCUT2D eigenvalue weighted by molar-refractivity contribution is 6.33. The maximum absolute atomic E-state index is 12.9. The maximum atomic E-state index is 12.9. The molecule has 0 atom stereocenters. The molecular formula is C26H24ClN5O3. The first-order valence-electron chi connectivity index (χ1n) is 10.9. The van der Waals surface area contributed by atoms with Crippen LogP contribution in [0.15, 0.2) is 71.8 Å². The number of hydrogen-bond acceptors (Lipinski definition) is 5. The topological polar surface area (TPSA) is 98.1 Å². The average Bonchev–Trinajstić information content (AvgIpc) is 2.87. The van der Waals surface area contributed by atoms with E-state index in [4.69, 9.17) is 16.3 Å². The van der Waals surface area contributed by atoms with Crippen LogP contribution in [0, 0.1) is 6.92 Å². The number of nitrogens with zero attached hydrogens (tertiary/aromatic N) is 3. The Hall–Kier alpha value is -4.17. The van der Waals surface area contributed by atoms with E-state index in [2.05, 4.69) is 20.7 Å². The number of halogens is 1. The van der Waals surface area contributed by atoms with Gasteiger partial charge in [0.2, 0.25) is 0 Å². The van der Waals surface area contributed by atoms with Gasteiger partial charge in [-0.25, -0.2) is 9.48 Å². The van der Waals surface area contributed by atoms with Crippen molar-refractivity contribution in [2.24, 2.45) is 0 Å². The molecule has 0 spiro atoms. The second-order valence-electron chi connectivity index (χ2n) is 7.77. The van der Waals surface area contributed by atoms with E-state index < -0.39 is 11.6 Å². The second-order valence-corrected chi connectivity index (χ2v) is 8.18. The normalized spacial score (nSPS) is 10.6. The van der Waals surface area contributed by atoms with Gasteiger partial charge in [-0.3, -0.25) is 9.78 Å². The number of benzene rings is 2. The van der Waals surface area contributed by atoms with Gasteiger partial charge < -0.3 is 15.4 Å². The second kappa shape index (κ2) is 10.4. The van der Waals surface area contributed by atoms with Gasteiger partial charge in [0.25, 0.3) is 5.56 Å². The standard InChI is InChI=1S/C26H24ClN5O3/c1-4-32-25(33)23(29-26(34)30-24-16(2)14-28-15-21(24)27)13-22(31-32)19-9-5-7-17(11-19)18-8-6-10-20(12-18)35-3/h5-15H,4H2,1-3H3,(H2,28,29,30,34). The Labute approximate surface area is 207 Å². The molecular weight excluding hydrogens is 466 g/mol. The lowest BCUT2D eigenvalue weighted by atomic mass is 10.0. The van der Waals surface area contributed by atoms with Crippen molar-refractivity contribution >= 4 is 29.0 Å². The first-order chi connectivity index (χ1) is 16.9. The van der Waals surface area contributed by atoms with E-state index in [1.54, 1.807) is 26.3 Å². The Kier molecular flexibility index (Phi) is 7.12. The summed E-state index contributed by atoms with van der Waals surface area (Å²) in [5.74, 6) is 0.757. The predicted octanol–water partition coefficient (Wildman–Crippen LogP) is 5.61. The monoisotopic (exact) mass is 489 g/mol. The molecule has 35 heavy (non-hydrogen) atoms. The van der Waals surface area contributed by atoms with Gasteiger partial charge in [0.05, 0.1) is 23.5 Å². The molecule has 2 aromatic carbocycles. The van der Waals surface area contributed by atoms with Crippen LogP contribution in [0.1, 0.15) is 12.5 Å². The van der Waals surface area contributed by atoms with Gasteiger partial charge in [-0.1, -0.05) is 41.9 Å². The number of ether oxygens (including phenoxy) is 1. The number of carbonyl (C=O) groups is 1. The molecule has 0 aliphatic rings. The van der Waals surface area contributed by atoms with Gasteiger partial charge in [-0.15, -0.1) is 0 Å². The van der Waals surface area contributed by atoms with Crippen LogP contribution in [0.25, 0.3) is 22.4 Å². The number of aromatic nitrogens is 3. The Balaban J connectivity index is 1.67. The summed E-state index contributed by atoms with van der Waals surface area (Å²) in [6.45, 7) is 3.93. The summed E-state index contributed by atoms with van der Waals surface area (Å²) in [7, 11) is 1.63. The molecule has 4 aromatic rings. The van der Waals surface area contributed by atoms with Gasteiger partial charge >= 0.3 is 6.03 Å². The molecule has 0 aliphatic carbocycles. The van der Waals surface area contributed by atoms with Crippen LogP contribution in [0.4, 0.5) is 16.2 Å². The van der Waals surface area contributed by atoms with Crippen molar-refractivity contribution in [1.82, 2.24) is 14.8 Å². The largest absolute Gasteiger partial charge is 0.497 e. The zero-order valence-electron chi connectivity index (χ0n) is 19.5. The maximum Gasteiger partial charge on any atom is 0.323 e. The summed E-state index contributed by atoms with van der Waals surface area (Å²) in [5.41, 5.74) is 4.11. The van der Waals surface area contributed by atoms with Crippen LogP contribution < -0.4 is 20.9 Å². The molecule has 178 valence electrons. The van der Waals surface area contributed by atoms with Crippen LogP contribution in [0.2, 0.25) is 5.02 Å². The summed E-state index contributed by atoms with van der Waals surface area (Å²) in [5, 5.41) is 10.1. The highest BCUT2D eigenvalue weighted by atomic mass is 35.5. The molecule has 2 N–H and O–H groups in total. The van der Waals surface area contributed by atoms with Crippen LogP contribution >= 0.6 is 11.6 Å². The average molecular weight is 490 g/mol. The Morgan fingerprint density at radius 2 is 1.74 bits per heavy atom. The molecule has 2 amide bonds. The first kappa shape index (κ1) is 24.0. The van der Waals surface area contributed by atoms with Gasteiger partial charge in [0.1, 0.15) is 11.4 Å². The molecule has 0 bridgehead atoms. The highest BCUT2D eigenvalue weighted by Gasteiger charge is 2.15. The molecule has 0 aliphatic heterocycles. The molecule has 4 rings (SSSR count). The fourth-order valence-corrected chi connectivity index (χ4v) is 3.86. The summed E-state index contributed by atoms with van der Waals surface area (Å²) >= 11 is 6.16. The number of aryl methyl sites for hydroxylation is 2. The van der Waals surface area contributed by atoms with E-state index in [0.717, 1.165) is 22.4 Å². The van der Waals surface area contributed by atoms with E-state index in [0.29, 0.717) is 28.5 Å². The van der Waals surface area contributed by atoms with E-state index >= 15 is 0 Å². The number of carbonyl (C=O) groups excluding carboxylic acids is 1. The number of urea groups is 1. The number of nitrogens with one attached hydrogen (secondary N) is 2. The summed E-state index contributed by atoms with van der Waals surface area (Å²) in [4.78, 5) is 29.6. The Morgan fingerprint density at radius 3 is 2.46 bits per heavy atom. The van der Waals surface area contributed by atoms with Crippen LogP contribution in [-0.2, 0) is 6.54 Å². The van der Waals surface area contributed by atoms with Crippen molar-refractivity contribution in [3.63, 3.8) is 0 Å². The van der Waals surface area contributed by atoms with Crippen LogP contribution in [0.5, 0.6) is 5.75 Å². The predicted molar refractivity (Wildman–Crippen MR) is 138 cm³/mol. The van der Waals surface area contributed by atoms with E-state index in [-0.39, 0.29) is 5.69 Å². The van der Waals surface area contributed by atoms with Crippen LogP contribution in [0.3, 0.4) is 0 Å². The molecule has 2 aromatic heterocycles. The van der Waals surface area contributed by atoms with Crippen LogP contribution in [-0.4, -0.2) is 27.9 Å². The number of pyridine rings is 1. The summed E-state index contributed by atoms with van der Waals surface area (Å²) in [6.07, 6.45) is 3.03. The number of amides is 2. The van der Waals surface area contributed by atoms with Crippen molar-refractivity contribution in [1.29, 1.82) is 0 Å². The quantitative estimate of drug-likeness (QED) is 0.367. The van der Waals surface area contributed by atoms with E-state index in [1.165, 1.54) is 10.9 Å². The van der Waals surface area contributed by atoms with Crippen molar-refractivity contribution in [2.45, 2.75) is 20.4 Å². The third-order valence-electron chi connectivity index (χ3n) is 5.41. The van der Waals surface area contributed by atoms with Crippen molar-refractivity contribution in [2.75, 3.05) is 17.7 Å². The Morgan fingerprint density at radius 1 is 1.03 bits per heavy atom. The minimum atomic E-state index is -0.594. The van der Waals surface area contributed by atoms with Gasteiger partial charge in [-0.05, 0) is 54.8 Å². The first-order valence-corrected chi connectivity index (χ1v) is 11.3. The zero-order chi connectivity index (χ0) is 24.9. The number of anilines is 2. The van der Waals surface area contributed by atoms with Crippen molar-refractivity contribution in [3.8, 4) is 28.1 Å². The fraction of sp³-hybridized carbons (Fsp3) is 0.154. The van der Waals surface area contributed by atoms with Gasteiger partial charge in [0, 0.05) is 24.5 Å². The minimum absolute atomic E-state index is 0.101. The minimum Gasteiger partial charge on any atom is -0.497 e. The molecule has 0 saturated heterocycles. The van der Waals surface area contributed by atoms with E-state index in [1.807, 2.05) is 55.5 Å². The van der Waals surface area contributed by atoms with Gasteiger partial charge in [0.15, 0.2) is 0 Å². The third-order valence-corrected chi connectivity index (χ3v) is 5.70. The lowest BCUT2D eigenvalue weighted by Gasteiger charge is -2.13. The number of methoxy groups -OCH3 is 1. The fourth-order valence-electron chi connectivity index (χ4n) is 3.60. The smallest absolute Gasteiger partial charge is 0.323 e. The molecule has 0 saturated carbocycles. The Bertz CT molecular complexity index is 1430. The van der Waals surface area contributed by atoms with Crippen molar-refractivity contribution < 1.29 is 9.53 Å². The zero-order valence-corrected chi connectivity index (χ0v) is 20.3. The SMILES string of the molecule is CCn1nc(-c2cccc(-c3cccc(OC)c3)c2)cc(NC(=O)Nc2c(C)cncc2Cl)c1=O. The molecule has 0 fully saturated rings. The van der Waals surface area contributed by atoms with Gasteiger partial charge in [-0.2, -0.15) is 5.10 Å². The summed E-state index contributed by atoms with van der Waals surface area (Å²) in [6, 6.07) is 16.5. The number of hydrogen-bond donors (Lipinski definition) is 2. The van der Waals surface area contributed by atoms with Crippen molar-refractivity contribution in [3.05, 3.63) is 87.9 Å². The third kappa shape index (κ3) is 5.33. The molecule has 8 nitrogen and oxygen atoms in total. The summed E-state index contributed by atoms with van der Waals surface area (Å²) < 4.78 is 6.65. The lowest BCUT2D eigenvalue weighted by molar-refractivity contribution is 0.262. The molecule has 0 radical (unpaired) electrons. The van der Waals surface area contributed by atoms with E-state index in [9.17, 15) is 9.59 Å². The lowest BCUT2D eigenvalue weighted by Crippen LogP contribution is -2.30. The highest BCUT2D eigenvalue weighted by Crippen LogP contribution is 2.28. The molecule has 9 heteroatoms.